The van der Waals surface area contributed by atoms with Crippen LogP contribution in [0.3, 0.4) is 0 Å². The second-order valence-corrected chi connectivity index (χ2v) is 7.22. The van der Waals surface area contributed by atoms with Gasteiger partial charge in [-0.1, -0.05) is 78.9 Å². The zero-order valence-corrected chi connectivity index (χ0v) is 16.2. The van der Waals surface area contributed by atoms with Crippen molar-refractivity contribution in [1.29, 1.82) is 0 Å². The molecule has 3 aromatic rings. The van der Waals surface area contributed by atoms with Gasteiger partial charge in [-0.05, 0) is 29.7 Å². The number of allylic oxidation sites excluding steroid dienone is 2. The molecule has 0 saturated heterocycles. The van der Waals surface area contributed by atoms with E-state index in [9.17, 15) is 9.59 Å². The van der Waals surface area contributed by atoms with Gasteiger partial charge in [0.1, 0.15) is 5.75 Å². The van der Waals surface area contributed by atoms with Gasteiger partial charge in [-0.15, -0.1) is 0 Å². The smallest absolute Gasteiger partial charge is 0.185 e. The van der Waals surface area contributed by atoms with Crippen LogP contribution in [0.2, 0.25) is 0 Å². The molecule has 1 aliphatic carbocycles. The lowest BCUT2D eigenvalue weighted by atomic mass is 10.0. The summed E-state index contributed by atoms with van der Waals surface area (Å²) in [6.07, 6.45) is 3.50. The Morgan fingerprint density at radius 1 is 0.793 bits per heavy atom. The van der Waals surface area contributed by atoms with E-state index in [1.165, 1.54) is 0 Å². The third-order valence-corrected chi connectivity index (χ3v) is 5.47. The van der Waals surface area contributed by atoms with Gasteiger partial charge >= 0.3 is 0 Å². The normalized spacial score (nSPS) is 20.4. The maximum atomic E-state index is 13.1. The molecule has 0 N–H and O–H groups in total. The Bertz CT molecular complexity index is 1020. The highest BCUT2D eigenvalue weighted by Crippen LogP contribution is 2.56. The lowest BCUT2D eigenvalue weighted by Crippen LogP contribution is -2.04. The molecule has 0 radical (unpaired) electrons. The van der Waals surface area contributed by atoms with E-state index in [1.54, 1.807) is 25.3 Å². The van der Waals surface area contributed by atoms with E-state index in [-0.39, 0.29) is 29.3 Å². The average Bonchev–Trinajstić information content (AvgIpc) is 3.52. The summed E-state index contributed by atoms with van der Waals surface area (Å²) in [5.74, 6) is 0.764. The molecule has 0 unspecified atom stereocenters. The third kappa shape index (κ3) is 4.04. The topological polar surface area (TPSA) is 43.4 Å². The lowest BCUT2D eigenvalue weighted by Gasteiger charge is -2.03. The summed E-state index contributed by atoms with van der Waals surface area (Å²) in [5, 5.41) is 0. The van der Waals surface area contributed by atoms with Gasteiger partial charge in [-0.2, -0.15) is 0 Å². The van der Waals surface area contributed by atoms with Crippen molar-refractivity contribution in [3.8, 4) is 5.75 Å². The first-order valence-electron chi connectivity index (χ1n) is 9.70. The molecule has 0 heterocycles. The van der Waals surface area contributed by atoms with E-state index in [0.717, 1.165) is 11.3 Å². The van der Waals surface area contributed by atoms with Gasteiger partial charge in [-0.25, -0.2) is 0 Å². The summed E-state index contributed by atoms with van der Waals surface area (Å²) < 4.78 is 5.24. The predicted molar refractivity (Wildman–Crippen MR) is 113 cm³/mol. The molecule has 1 saturated carbocycles. The lowest BCUT2D eigenvalue weighted by molar-refractivity contribution is 0.0960. The van der Waals surface area contributed by atoms with Gasteiger partial charge in [0.05, 0.1) is 7.11 Å². The SMILES string of the molecule is COc1ccc([C@@H]2[C@@H](/C=C/C(=O)c3ccccc3)[C@H]2C(=O)c2ccccc2)cc1. The fourth-order valence-corrected chi connectivity index (χ4v) is 3.86. The molecule has 4 rings (SSSR count). The van der Waals surface area contributed by atoms with Crippen LogP contribution in [0.5, 0.6) is 5.75 Å². The van der Waals surface area contributed by atoms with Crippen LogP contribution in [0.1, 0.15) is 32.2 Å². The van der Waals surface area contributed by atoms with Crippen LogP contribution in [0.15, 0.2) is 97.1 Å². The Balaban J connectivity index is 1.59. The molecule has 0 amide bonds. The molecule has 144 valence electrons. The van der Waals surface area contributed by atoms with E-state index in [4.69, 9.17) is 4.74 Å². The van der Waals surface area contributed by atoms with Crippen LogP contribution in [0.25, 0.3) is 0 Å². The third-order valence-electron chi connectivity index (χ3n) is 5.47. The van der Waals surface area contributed by atoms with Crippen LogP contribution in [-0.2, 0) is 0 Å². The first-order valence-corrected chi connectivity index (χ1v) is 9.70. The highest BCUT2D eigenvalue weighted by molar-refractivity contribution is 6.05. The predicted octanol–water partition coefficient (Wildman–Crippen LogP) is 5.35. The van der Waals surface area contributed by atoms with Crippen molar-refractivity contribution in [2.45, 2.75) is 5.92 Å². The number of carbonyl (C=O) groups excluding carboxylic acids is 2. The Kier molecular flexibility index (Phi) is 5.39. The minimum Gasteiger partial charge on any atom is -0.497 e. The summed E-state index contributed by atoms with van der Waals surface area (Å²) in [6.45, 7) is 0. The number of carbonyl (C=O) groups is 2. The number of methoxy groups -OCH3 is 1. The number of hydrogen-bond donors (Lipinski definition) is 0. The van der Waals surface area contributed by atoms with Crippen LogP contribution in [0.4, 0.5) is 0 Å². The summed E-state index contributed by atoms with van der Waals surface area (Å²) in [4.78, 5) is 25.6. The summed E-state index contributed by atoms with van der Waals surface area (Å²) in [7, 11) is 1.63. The van der Waals surface area contributed by atoms with Crippen molar-refractivity contribution in [3.05, 3.63) is 114 Å². The maximum Gasteiger partial charge on any atom is 0.185 e. The maximum absolute atomic E-state index is 13.1. The summed E-state index contributed by atoms with van der Waals surface area (Å²) in [5.41, 5.74) is 2.44. The quantitative estimate of drug-likeness (QED) is 0.409. The van der Waals surface area contributed by atoms with E-state index < -0.39 is 0 Å². The largest absolute Gasteiger partial charge is 0.497 e. The van der Waals surface area contributed by atoms with E-state index >= 15 is 0 Å². The molecule has 3 aromatic carbocycles. The molecule has 1 fully saturated rings. The number of Topliss-reactive ketones (excluding diaryl/α,β-unsaturated/α-hetero) is 1. The Hall–Kier alpha value is -3.46. The highest BCUT2D eigenvalue weighted by Gasteiger charge is 2.53. The summed E-state index contributed by atoms with van der Waals surface area (Å²) in [6, 6.07) is 26.4. The molecule has 3 heteroatoms. The Morgan fingerprint density at radius 3 is 1.97 bits per heavy atom. The molecule has 0 spiro atoms. The van der Waals surface area contributed by atoms with Crippen LogP contribution in [-0.4, -0.2) is 18.7 Å². The van der Waals surface area contributed by atoms with Gasteiger partial charge in [-0.3, -0.25) is 9.59 Å². The molecule has 0 aliphatic heterocycles. The van der Waals surface area contributed by atoms with Crippen molar-refractivity contribution in [2.24, 2.45) is 11.8 Å². The molecule has 3 atom stereocenters. The first kappa shape index (κ1) is 18.9. The van der Waals surface area contributed by atoms with Gasteiger partial charge in [0.15, 0.2) is 11.6 Å². The van der Waals surface area contributed by atoms with E-state index in [2.05, 4.69) is 0 Å². The zero-order valence-electron chi connectivity index (χ0n) is 16.2. The molecule has 3 nitrogen and oxygen atoms in total. The fraction of sp³-hybridized carbons (Fsp3) is 0.154. The zero-order chi connectivity index (χ0) is 20.2. The second-order valence-electron chi connectivity index (χ2n) is 7.22. The molecule has 1 aliphatic rings. The van der Waals surface area contributed by atoms with Gasteiger partial charge in [0, 0.05) is 23.0 Å². The second kappa shape index (κ2) is 8.27. The number of ketones is 2. The number of hydrogen-bond acceptors (Lipinski definition) is 3. The number of rotatable bonds is 7. The van der Waals surface area contributed by atoms with Crippen molar-refractivity contribution in [3.63, 3.8) is 0 Å². The molecule has 0 aromatic heterocycles. The van der Waals surface area contributed by atoms with Crippen molar-refractivity contribution >= 4 is 11.6 Å². The van der Waals surface area contributed by atoms with E-state index in [1.807, 2.05) is 78.9 Å². The van der Waals surface area contributed by atoms with E-state index in [0.29, 0.717) is 11.1 Å². The number of ether oxygens (including phenoxy) is 1. The number of benzene rings is 3. The van der Waals surface area contributed by atoms with Crippen LogP contribution < -0.4 is 4.74 Å². The average molecular weight is 382 g/mol. The molecule has 29 heavy (non-hydrogen) atoms. The van der Waals surface area contributed by atoms with Crippen molar-refractivity contribution in [1.82, 2.24) is 0 Å². The van der Waals surface area contributed by atoms with Gasteiger partial charge < -0.3 is 4.74 Å². The minimum absolute atomic E-state index is 0.00348. The fourth-order valence-electron chi connectivity index (χ4n) is 3.86. The first-order chi connectivity index (χ1) is 14.2. The monoisotopic (exact) mass is 382 g/mol. The Labute approximate surface area is 170 Å². The molecule has 0 bridgehead atoms. The molecular formula is C26H22O3. The minimum atomic E-state index is -0.161. The highest BCUT2D eigenvalue weighted by atomic mass is 16.5. The van der Waals surface area contributed by atoms with Crippen LogP contribution in [0, 0.1) is 11.8 Å². The standard InChI is InChI=1S/C26H22O3/c1-29-21-14-12-19(13-15-21)24-22(16-17-23(27)18-8-4-2-5-9-18)25(24)26(28)20-10-6-3-7-11-20/h2-17,22,24-25H,1H3/b17-16+/t22-,24-,25-/m1/s1. The van der Waals surface area contributed by atoms with Gasteiger partial charge in [0.2, 0.25) is 0 Å². The van der Waals surface area contributed by atoms with Crippen molar-refractivity contribution in [2.75, 3.05) is 7.11 Å². The summed E-state index contributed by atoms with van der Waals surface area (Å²) >= 11 is 0. The van der Waals surface area contributed by atoms with Crippen molar-refractivity contribution < 1.29 is 14.3 Å². The Morgan fingerprint density at radius 2 is 1.38 bits per heavy atom. The molecular weight excluding hydrogens is 360 g/mol. The van der Waals surface area contributed by atoms with Gasteiger partial charge in [0.25, 0.3) is 0 Å². The van der Waals surface area contributed by atoms with Crippen LogP contribution >= 0.6 is 0 Å².